The molecule has 6 heteroatoms. The van der Waals surface area contributed by atoms with Crippen molar-refractivity contribution in [1.29, 1.82) is 0 Å². The maximum Gasteiger partial charge on any atom is 0.174 e. The molecule has 3 heterocycles. The second-order valence-electron chi connectivity index (χ2n) is 8.70. The minimum absolute atomic E-state index is 0.0370. The predicted molar refractivity (Wildman–Crippen MR) is 117 cm³/mol. The Morgan fingerprint density at radius 1 is 1.00 bits per heavy atom. The summed E-state index contributed by atoms with van der Waals surface area (Å²) >= 11 is 1.85. The lowest BCUT2D eigenvalue weighted by atomic mass is 9.97. The van der Waals surface area contributed by atoms with E-state index in [-0.39, 0.29) is 11.6 Å². The minimum atomic E-state index is -0.179. The highest BCUT2D eigenvalue weighted by Gasteiger charge is 2.34. The summed E-state index contributed by atoms with van der Waals surface area (Å²) in [5.74, 6) is 0.920. The summed E-state index contributed by atoms with van der Waals surface area (Å²) in [6.07, 6.45) is 1.05. The van der Waals surface area contributed by atoms with E-state index in [1.54, 1.807) is 0 Å². The summed E-state index contributed by atoms with van der Waals surface area (Å²) < 4.78 is 3.29. The number of tetrazole rings is 1. The largest absolute Gasteiger partial charge is 0.284 e. The van der Waals surface area contributed by atoms with Crippen LogP contribution < -0.4 is 0 Å². The number of hydrogen-bond donors (Lipinski definition) is 0. The lowest BCUT2D eigenvalue weighted by molar-refractivity contribution is 0.188. The smallest absolute Gasteiger partial charge is 0.174 e. The molecule has 1 aliphatic heterocycles. The first-order valence-corrected chi connectivity index (χ1v) is 10.9. The third kappa shape index (κ3) is 3.36. The summed E-state index contributed by atoms with van der Waals surface area (Å²) in [6.45, 7) is 8.36. The molecule has 0 N–H and O–H groups in total. The van der Waals surface area contributed by atoms with Crippen LogP contribution in [0.4, 0.5) is 0 Å². The quantitative estimate of drug-likeness (QED) is 0.493. The van der Waals surface area contributed by atoms with Crippen molar-refractivity contribution in [3.05, 3.63) is 76.4 Å². The fraction of sp³-hybridized carbons (Fsp3) is 0.348. The highest BCUT2D eigenvalue weighted by Crippen LogP contribution is 2.39. The molecule has 4 aromatic rings. The molecule has 2 aromatic heterocycles. The first-order chi connectivity index (χ1) is 14.0. The van der Waals surface area contributed by atoms with Crippen LogP contribution in [0.25, 0.3) is 10.1 Å². The topological polar surface area (TPSA) is 46.8 Å². The average molecular weight is 404 g/mol. The van der Waals surface area contributed by atoms with Crippen LogP contribution in [0.2, 0.25) is 0 Å². The van der Waals surface area contributed by atoms with Crippen LogP contribution in [0, 0.1) is 0 Å². The van der Waals surface area contributed by atoms with E-state index in [2.05, 4.69) is 95.8 Å². The zero-order chi connectivity index (χ0) is 20.0. The number of thiophene rings is 1. The molecule has 148 valence electrons. The fourth-order valence-electron chi connectivity index (χ4n) is 4.19. The Kier molecular flexibility index (Phi) is 4.48. The van der Waals surface area contributed by atoms with Crippen molar-refractivity contribution in [2.45, 2.75) is 45.3 Å². The van der Waals surface area contributed by atoms with E-state index in [4.69, 9.17) is 0 Å². The molecule has 5 nitrogen and oxygen atoms in total. The number of fused-ring (bicyclic) bond motifs is 2. The first-order valence-electron chi connectivity index (χ1n) is 10.1. The van der Waals surface area contributed by atoms with Crippen LogP contribution in [0.5, 0.6) is 0 Å². The average Bonchev–Trinajstić information content (AvgIpc) is 3.35. The van der Waals surface area contributed by atoms with Gasteiger partial charge in [-0.3, -0.25) is 4.90 Å². The molecule has 0 saturated carbocycles. The van der Waals surface area contributed by atoms with Gasteiger partial charge in [0.2, 0.25) is 0 Å². The maximum absolute atomic E-state index is 4.53. The van der Waals surface area contributed by atoms with Crippen molar-refractivity contribution in [3.63, 3.8) is 0 Å². The van der Waals surface area contributed by atoms with E-state index in [0.717, 1.165) is 25.3 Å². The maximum atomic E-state index is 4.53. The first kappa shape index (κ1) is 18.5. The Labute approximate surface area is 175 Å². The number of nitrogens with zero attached hydrogens (tertiary/aromatic N) is 5. The third-order valence-corrected chi connectivity index (χ3v) is 6.78. The van der Waals surface area contributed by atoms with Gasteiger partial charge in [-0.15, -0.1) is 16.4 Å². The van der Waals surface area contributed by atoms with Crippen LogP contribution in [0.3, 0.4) is 0 Å². The van der Waals surface area contributed by atoms with Gasteiger partial charge in [-0.2, -0.15) is 0 Å². The van der Waals surface area contributed by atoms with Crippen LogP contribution >= 0.6 is 11.3 Å². The molecule has 0 spiro atoms. The lowest BCUT2D eigenvalue weighted by Gasteiger charge is -2.35. The number of aromatic nitrogens is 4. The number of hydrogen-bond acceptors (Lipinski definition) is 5. The molecule has 1 unspecified atom stereocenters. The highest BCUT2D eigenvalue weighted by molar-refractivity contribution is 7.19. The van der Waals surface area contributed by atoms with Gasteiger partial charge in [-0.05, 0) is 66.3 Å². The monoisotopic (exact) mass is 403 g/mol. The predicted octanol–water partition coefficient (Wildman–Crippen LogP) is 4.79. The van der Waals surface area contributed by atoms with Gasteiger partial charge in [0.25, 0.3) is 0 Å². The Bertz CT molecular complexity index is 1120. The van der Waals surface area contributed by atoms with E-state index in [0.29, 0.717) is 0 Å². The minimum Gasteiger partial charge on any atom is -0.284 e. The Morgan fingerprint density at radius 3 is 2.55 bits per heavy atom. The molecule has 1 aliphatic rings. The summed E-state index contributed by atoms with van der Waals surface area (Å²) in [6, 6.07) is 19.7. The fourth-order valence-corrected chi connectivity index (χ4v) is 5.39. The molecular weight excluding hydrogens is 378 g/mol. The normalized spacial score (nSPS) is 16.1. The van der Waals surface area contributed by atoms with Crippen molar-refractivity contribution in [3.8, 4) is 0 Å². The van der Waals surface area contributed by atoms with E-state index >= 15 is 0 Å². The Morgan fingerprint density at radius 2 is 1.76 bits per heavy atom. The van der Waals surface area contributed by atoms with Gasteiger partial charge < -0.3 is 0 Å². The zero-order valence-corrected chi connectivity index (χ0v) is 17.9. The van der Waals surface area contributed by atoms with Gasteiger partial charge in [0.05, 0.1) is 5.54 Å². The second-order valence-corrected chi connectivity index (χ2v) is 9.81. The molecule has 1 atom stereocenters. The summed E-state index contributed by atoms with van der Waals surface area (Å²) in [5.41, 5.74) is 2.68. The van der Waals surface area contributed by atoms with Gasteiger partial charge in [-0.1, -0.05) is 42.5 Å². The van der Waals surface area contributed by atoms with Crippen molar-refractivity contribution >= 4 is 21.4 Å². The van der Waals surface area contributed by atoms with Gasteiger partial charge in [0, 0.05) is 22.7 Å². The van der Waals surface area contributed by atoms with Gasteiger partial charge in [0.1, 0.15) is 6.04 Å². The highest BCUT2D eigenvalue weighted by atomic mass is 32.1. The standard InChI is InChI=1S/C23H25N5S/c1-23(2,3)28-22(24-25-26-28)21(20-14-17-9-6-7-11-19(17)29-20)27-13-12-16-8-4-5-10-18(16)15-27/h4-11,14,21H,12-13,15H2,1-3H3. The van der Waals surface area contributed by atoms with Crippen molar-refractivity contribution in [2.24, 2.45) is 0 Å². The molecule has 2 aromatic carbocycles. The Hall–Kier alpha value is -2.57. The van der Waals surface area contributed by atoms with E-state index in [1.807, 2.05) is 16.0 Å². The SMILES string of the molecule is CC(C)(C)n1nnnc1C(c1cc2ccccc2s1)N1CCc2ccccc2C1. The third-order valence-electron chi connectivity index (χ3n) is 5.61. The molecule has 0 aliphatic carbocycles. The summed E-state index contributed by atoms with van der Waals surface area (Å²) in [5, 5.41) is 14.2. The second kappa shape index (κ2) is 7.04. The van der Waals surface area contributed by atoms with Crippen LogP contribution in [0.1, 0.15) is 48.6 Å². The summed E-state index contributed by atoms with van der Waals surface area (Å²) in [4.78, 5) is 3.83. The van der Waals surface area contributed by atoms with Crippen LogP contribution in [0.15, 0.2) is 54.6 Å². The van der Waals surface area contributed by atoms with Crippen molar-refractivity contribution < 1.29 is 0 Å². The molecule has 29 heavy (non-hydrogen) atoms. The number of rotatable bonds is 3. The van der Waals surface area contributed by atoms with E-state index in [1.165, 1.54) is 26.1 Å². The molecule has 5 rings (SSSR count). The Balaban J connectivity index is 1.63. The molecule has 0 fully saturated rings. The summed E-state index contributed by atoms with van der Waals surface area (Å²) in [7, 11) is 0. The zero-order valence-electron chi connectivity index (χ0n) is 17.0. The number of benzene rings is 2. The molecular formula is C23H25N5S. The van der Waals surface area contributed by atoms with Gasteiger partial charge >= 0.3 is 0 Å². The van der Waals surface area contributed by atoms with Crippen LogP contribution in [-0.2, 0) is 18.5 Å². The molecule has 0 amide bonds. The van der Waals surface area contributed by atoms with Crippen LogP contribution in [-0.4, -0.2) is 31.7 Å². The molecule has 0 bridgehead atoms. The van der Waals surface area contributed by atoms with Gasteiger partial charge in [0.15, 0.2) is 5.82 Å². The molecule has 0 radical (unpaired) electrons. The van der Waals surface area contributed by atoms with Crippen molar-refractivity contribution in [1.82, 2.24) is 25.1 Å². The van der Waals surface area contributed by atoms with E-state index < -0.39 is 0 Å². The lowest BCUT2D eigenvalue weighted by Crippen LogP contribution is -2.37. The van der Waals surface area contributed by atoms with E-state index in [9.17, 15) is 0 Å². The van der Waals surface area contributed by atoms with Crippen molar-refractivity contribution in [2.75, 3.05) is 6.54 Å². The van der Waals surface area contributed by atoms with Gasteiger partial charge in [-0.25, -0.2) is 4.68 Å². The molecule has 0 saturated heterocycles.